The summed E-state index contributed by atoms with van der Waals surface area (Å²) < 4.78 is 38.5. The number of hydrogen-bond donors (Lipinski definition) is 1. The highest BCUT2D eigenvalue weighted by Gasteiger charge is 2.31. The molecule has 0 aliphatic carbocycles. The Morgan fingerprint density at radius 1 is 1.12 bits per heavy atom. The van der Waals surface area contributed by atoms with Gasteiger partial charge in [-0.15, -0.1) is 0 Å². The molecule has 2 heterocycles. The molecule has 2 aromatic rings. The van der Waals surface area contributed by atoms with Gasteiger partial charge in [0.25, 0.3) is 15.9 Å². The second-order valence-electron chi connectivity index (χ2n) is 7.64. The van der Waals surface area contributed by atoms with Crippen LogP contribution < -0.4 is 14.4 Å². The fourth-order valence-electron chi connectivity index (χ4n) is 3.82. The van der Waals surface area contributed by atoms with Crippen LogP contribution in [0.25, 0.3) is 0 Å². The molecule has 32 heavy (non-hydrogen) atoms. The van der Waals surface area contributed by atoms with Crippen LogP contribution in [0.3, 0.4) is 0 Å². The van der Waals surface area contributed by atoms with Crippen LogP contribution in [0.5, 0.6) is 5.75 Å². The first kappa shape index (κ1) is 22.8. The van der Waals surface area contributed by atoms with E-state index in [4.69, 9.17) is 21.1 Å². The van der Waals surface area contributed by atoms with Gasteiger partial charge in [0, 0.05) is 32.7 Å². The van der Waals surface area contributed by atoms with Crippen LogP contribution in [0.1, 0.15) is 5.56 Å². The maximum Gasteiger partial charge on any atom is 0.264 e. The van der Waals surface area contributed by atoms with E-state index >= 15 is 0 Å². The standard InChI is InChI=1S/C22H26ClN3O5S/c23-19-15-18(32(28,29)26-9-7-17-3-1-2-4-20(17)26)5-6-21(19)31-16-22(27)24-8-10-25-11-13-30-14-12-25/h1-6,15H,7-14,16H2,(H,24,27). The molecule has 10 heteroatoms. The number of nitrogens with zero attached hydrogens (tertiary/aromatic N) is 2. The topological polar surface area (TPSA) is 88.2 Å². The zero-order valence-corrected chi connectivity index (χ0v) is 19.2. The molecule has 0 aromatic heterocycles. The summed E-state index contributed by atoms with van der Waals surface area (Å²) >= 11 is 6.27. The Morgan fingerprint density at radius 2 is 1.91 bits per heavy atom. The molecule has 0 spiro atoms. The molecule has 172 valence electrons. The number of carbonyl (C=O) groups is 1. The third-order valence-corrected chi connectivity index (χ3v) is 7.65. The van der Waals surface area contributed by atoms with Crippen LogP contribution in [0.4, 0.5) is 5.69 Å². The molecular formula is C22H26ClN3O5S. The van der Waals surface area contributed by atoms with Crippen molar-refractivity contribution < 1.29 is 22.7 Å². The average Bonchev–Trinajstić information content (AvgIpc) is 3.24. The minimum absolute atomic E-state index is 0.0847. The van der Waals surface area contributed by atoms with Gasteiger partial charge in [-0.25, -0.2) is 8.42 Å². The summed E-state index contributed by atoms with van der Waals surface area (Å²) in [4.78, 5) is 14.4. The third-order valence-electron chi connectivity index (χ3n) is 5.55. The van der Waals surface area contributed by atoms with Crippen molar-refractivity contribution in [2.45, 2.75) is 11.3 Å². The highest BCUT2D eigenvalue weighted by Crippen LogP contribution is 2.35. The number of nitrogens with one attached hydrogen (secondary N) is 1. The molecule has 2 aliphatic heterocycles. The Bertz CT molecular complexity index is 1070. The van der Waals surface area contributed by atoms with Gasteiger partial charge in [0.2, 0.25) is 0 Å². The molecule has 1 N–H and O–H groups in total. The van der Waals surface area contributed by atoms with Crippen molar-refractivity contribution in [3.63, 3.8) is 0 Å². The number of sulfonamides is 1. The number of carbonyl (C=O) groups excluding carboxylic acids is 1. The molecule has 1 amide bonds. The highest BCUT2D eigenvalue weighted by molar-refractivity contribution is 7.92. The minimum Gasteiger partial charge on any atom is -0.482 e. The Kier molecular flexibility index (Phi) is 7.20. The monoisotopic (exact) mass is 479 g/mol. The largest absolute Gasteiger partial charge is 0.482 e. The van der Waals surface area contributed by atoms with E-state index in [2.05, 4.69) is 10.2 Å². The molecule has 4 rings (SSSR count). The Labute approximate surface area is 193 Å². The number of rotatable bonds is 8. The highest BCUT2D eigenvalue weighted by atomic mass is 35.5. The number of halogens is 1. The van der Waals surface area contributed by atoms with Crippen molar-refractivity contribution in [1.82, 2.24) is 10.2 Å². The van der Waals surface area contributed by atoms with E-state index in [9.17, 15) is 13.2 Å². The first-order chi connectivity index (χ1) is 15.4. The number of benzene rings is 2. The van der Waals surface area contributed by atoms with Crippen molar-refractivity contribution in [3.8, 4) is 5.75 Å². The lowest BCUT2D eigenvalue weighted by molar-refractivity contribution is -0.123. The van der Waals surface area contributed by atoms with E-state index in [1.165, 1.54) is 22.5 Å². The van der Waals surface area contributed by atoms with Gasteiger partial charge in [0.15, 0.2) is 6.61 Å². The molecule has 1 fully saturated rings. The molecule has 8 nitrogen and oxygen atoms in total. The molecule has 2 aromatic carbocycles. The normalized spacial score (nSPS) is 16.6. The van der Waals surface area contributed by atoms with Gasteiger partial charge in [-0.05, 0) is 36.2 Å². The van der Waals surface area contributed by atoms with Gasteiger partial charge in [-0.3, -0.25) is 14.0 Å². The molecule has 0 radical (unpaired) electrons. The molecular weight excluding hydrogens is 454 g/mol. The number of fused-ring (bicyclic) bond motifs is 1. The van der Waals surface area contributed by atoms with Gasteiger partial charge in [-0.2, -0.15) is 0 Å². The van der Waals surface area contributed by atoms with Crippen molar-refractivity contribution in [3.05, 3.63) is 53.1 Å². The van der Waals surface area contributed by atoms with Crippen molar-refractivity contribution >= 4 is 33.2 Å². The van der Waals surface area contributed by atoms with Crippen molar-refractivity contribution in [2.24, 2.45) is 0 Å². The van der Waals surface area contributed by atoms with E-state index in [0.29, 0.717) is 38.4 Å². The number of ether oxygens (including phenoxy) is 2. The summed E-state index contributed by atoms with van der Waals surface area (Å²) in [6.07, 6.45) is 0.672. The van der Waals surface area contributed by atoms with Gasteiger partial charge >= 0.3 is 0 Å². The van der Waals surface area contributed by atoms with Gasteiger partial charge in [-0.1, -0.05) is 29.8 Å². The summed E-state index contributed by atoms with van der Waals surface area (Å²) in [6.45, 7) is 4.61. The van der Waals surface area contributed by atoms with Crippen LogP contribution >= 0.6 is 11.6 Å². The van der Waals surface area contributed by atoms with Crippen LogP contribution in [0.15, 0.2) is 47.4 Å². The summed E-state index contributed by atoms with van der Waals surface area (Å²) in [5.41, 5.74) is 1.69. The SMILES string of the molecule is O=C(COc1ccc(S(=O)(=O)N2CCc3ccccc32)cc1Cl)NCCN1CCOCC1. The predicted octanol–water partition coefficient (Wildman–Crippen LogP) is 1.92. The summed E-state index contributed by atoms with van der Waals surface area (Å²) in [6, 6.07) is 11.8. The Hall–Kier alpha value is -2.33. The van der Waals surface area contributed by atoms with Gasteiger partial charge < -0.3 is 14.8 Å². The lowest BCUT2D eigenvalue weighted by Gasteiger charge is -2.26. The number of anilines is 1. The predicted molar refractivity (Wildman–Crippen MR) is 122 cm³/mol. The lowest BCUT2D eigenvalue weighted by Crippen LogP contribution is -2.42. The minimum atomic E-state index is -3.74. The molecule has 2 aliphatic rings. The van der Waals surface area contributed by atoms with E-state index < -0.39 is 10.0 Å². The fraction of sp³-hybridized carbons (Fsp3) is 0.409. The second kappa shape index (κ2) is 10.1. The van der Waals surface area contributed by atoms with Crippen LogP contribution in [-0.2, 0) is 26.0 Å². The number of para-hydroxylation sites is 1. The average molecular weight is 480 g/mol. The van der Waals surface area contributed by atoms with Crippen LogP contribution in [-0.4, -0.2) is 71.8 Å². The van der Waals surface area contributed by atoms with E-state index in [1.807, 2.05) is 18.2 Å². The summed E-state index contributed by atoms with van der Waals surface area (Å²) in [5.74, 6) is -0.00420. The zero-order chi connectivity index (χ0) is 22.6. The van der Waals surface area contributed by atoms with Crippen LogP contribution in [0.2, 0.25) is 5.02 Å². The van der Waals surface area contributed by atoms with Crippen molar-refractivity contribution in [1.29, 1.82) is 0 Å². The van der Waals surface area contributed by atoms with Crippen LogP contribution in [0, 0.1) is 0 Å². The maximum atomic E-state index is 13.1. The van der Waals surface area contributed by atoms with Crippen molar-refractivity contribution in [2.75, 3.05) is 56.8 Å². The number of hydrogen-bond acceptors (Lipinski definition) is 6. The quantitative estimate of drug-likeness (QED) is 0.622. The molecule has 0 saturated carbocycles. The smallest absolute Gasteiger partial charge is 0.264 e. The lowest BCUT2D eigenvalue weighted by atomic mass is 10.2. The second-order valence-corrected chi connectivity index (χ2v) is 9.91. The summed E-state index contributed by atoms with van der Waals surface area (Å²) in [7, 11) is -3.74. The number of amides is 1. The third kappa shape index (κ3) is 5.17. The van der Waals surface area contributed by atoms with E-state index in [1.54, 1.807) is 6.07 Å². The van der Waals surface area contributed by atoms with E-state index in [-0.39, 0.29) is 28.2 Å². The first-order valence-electron chi connectivity index (χ1n) is 10.5. The molecule has 0 bridgehead atoms. The molecule has 0 atom stereocenters. The molecule has 1 saturated heterocycles. The Balaban J connectivity index is 1.32. The Morgan fingerprint density at radius 3 is 2.69 bits per heavy atom. The van der Waals surface area contributed by atoms with E-state index in [0.717, 1.165) is 25.2 Å². The molecule has 0 unspecified atom stereocenters. The summed E-state index contributed by atoms with van der Waals surface area (Å²) in [5, 5.41) is 2.95. The first-order valence-corrected chi connectivity index (χ1v) is 12.4. The fourth-order valence-corrected chi connectivity index (χ4v) is 5.65. The zero-order valence-electron chi connectivity index (χ0n) is 17.6. The number of morpholine rings is 1. The van der Waals surface area contributed by atoms with Gasteiger partial charge in [0.05, 0.1) is 28.8 Å². The van der Waals surface area contributed by atoms with Gasteiger partial charge in [0.1, 0.15) is 5.75 Å². The maximum absolute atomic E-state index is 13.1.